The van der Waals surface area contributed by atoms with Crippen LogP contribution in [0.2, 0.25) is 0 Å². The Kier molecular flexibility index (Phi) is 3.59. The number of halogens is 1. The number of nitrogens with zero attached hydrogens (tertiary/aromatic N) is 3. The van der Waals surface area contributed by atoms with Gasteiger partial charge >= 0.3 is 0 Å². The van der Waals surface area contributed by atoms with Crippen molar-refractivity contribution >= 4 is 16.6 Å². The summed E-state index contributed by atoms with van der Waals surface area (Å²) in [4.78, 5) is 25.9. The first kappa shape index (κ1) is 16.6. The summed E-state index contributed by atoms with van der Waals surface area (Å²) in [5.74, 6) is -0.584. The molecule has 0 aliphatic carbocycles. The fourth-order valence-electron chi connectivity index (χ4n) is 3.38. The number of nitriles is 1. The van der Waals surface area contributed by atoms with Crippen molar-refractivity contribution in [2.24, 2.45) is 5.73 Å². The molecular weight excluding hydrogens is 351 g/mol. The summed E-state index contributed by atoms with van der Waals surface area (Å²) in [6.07, 6.45) is 0. The topological polar surface area (TPSA) is 103 Å². The van der Waals surface area contributed by atoms with Crippen LogP contribution in [0.4, 0.5) is 4.39 Å². The van der Waals surface area contributed by atoms with Crippen LogP contribution in [0.5, 0.6) is 5.75 Å². The van der Waals surface area contributed by atoms with Crippen LogP contribution < -0.4 is 21.6 Å². The fraction of sp³-hybridized carbons (Fsp3) is 0.105. The lowest BCUT2D eigenvalue weighted by Gasteiger charge is -2.17. The van der Waals surface area contributed by atoms with E-state index in [9.17, 15) is 19.2 Å². The number of ether oxygens (including phenoxy) is 1. The van der Waals surface area contributed by atoms with Gasteiger partial charge in [-0.15, -0.1) is 0 Å². The first-order chi connectivity index (χ1) is 13.0. The summed E-state index contributed by atoms with van der Waals surface area (Å²) in [5, 5.41) is 9.93. The van der Waals surface area contributed by atoms with Gasteiger partial charge in [-0.25, -0.2) is 9.07 Å². The monoisotopic (exact) mass is 364 g/mol. The molecule has 1 atom stereocenters. The molecule has 0 bridgehead atoms. The maximum Gasteiger partial charge on any atom is 0.279 e. The highest BCUT2D eigenvalue weighted by Gasteiger charge is 2.36. The molecule has 2 heterocycles. The second-order valence-electron chi connectivity index (χ2n) is 6.01. The van der Waals surface area contributed by atoms with Crippen molar-refractivity contribution in [3.05, 3.63) is 80.1 Å². The molecule has 0 unspecified atom stereocenters. The third-order valence-corrected chi connectivity index (χ3v) is 4.65. The predicted octanol–water partition coefficient (Wildman–Crippen LogP) is 1.56. The largest absolute Gasteiger partial charge is 0.497 e. The normalized spacial score (nSPS) is 15.7. The zero-order chi connectivity index (χ0) is 19.3. The van der Waals surface area contributed by atoms with Crippen LogP contribution in [0.25, 0.3) is 16.6 Å². The van der Waals surface area contributed by atoms with Gasteiger partial charge in [-0.05, 0) is 24.3 Å². The third kappa shape index (κ3) is 2.18. The fourth-order valence-corrected chi connectivity index (χ4v) is 3.38. The van der Waals surface area contributed by atoms with Crippen LogP contribution in [0.3, 0.4) is 0 Å². The summed E-state index contributed by atoms with van der Waals surface area (Å²) in [6.45, 7) is 0. The van der Waals surface area contributed by atoms with E-state index in [1.165, 1.54) is 31.4 Å². The Bertz CT molecular complexity index is 1300. The summed E-state index contributed by atoms with van der Waals surface area (Å²) < 4.78 is 21.7. The highest BCUT2D eigenvalue weighted by atomic mass is 19.1. The lowest BCUT2D eigenvalue weighted by Crippen LogP contribution is -2.38. The zero-order valence-corrected chi connectivity index (χ0v) is 14.1. The number of nitrogens with two attached hydrogens (primary N) is 1. The van der Waals surface area contributed by atoms with Crippen LogP contribution in [-0.4, -0.2) is 16.5 Å². The number of hydrogen-bond acceptors (Lipinski definition) is 5. The van der Waals surface area contributed by atoms with Gasteiger partial charge in [-0.3, -0.25) is 9.59 Å². The summed E-state index contributed by atoms with van der Waals surface area (Å²) in [6, 6.07) is 11.1. The second-order valence-corrected chi connectivity index (χ2v) is 6.01. The van der Waals surface area contributed by atoms with Gasteiger partial charge in [0.15, 0.2) is 0 Å². The smallest absolute Gasteiger partial charge is 0.279 e. The maximum absolute atomic E-state index is 14.7. The van der Waals surface area contributed by atoms with Gasteiger partial charge in [0.2, 0.25) is 0 Å². The minimum atomic E-state index is -1.15. The molecule has 1 aromatic heterocycles. The Labute approximate surface area is 151 Å². The molecule has 0 amide bonds. The van der Waals surface area contributed by atoms with Crippen molar-refractivity contribution in [1.29, 1.82) is 5.26 Å². The average molecular weight is 364 g/mol. The van der Waals surface area contributed by atoms with E-state index in [0.29, 0.717) is 0 Å². The van der Waals surface area contributed by atoms with Crippen LogP contribution >= 0.6 is 0 Å². The van der Waals surface area contributed by atoms with Gasteiger partial charge in [-0.1, -0.05) is 12.1 Å². The Balaban J connectivity index is 2.12. The molecule has 0 saturated carbocycles. The number of fused-ring (bicyclic) bond motifs is 2. The molecule has 3 aromatic rings. The van der Waals surface area contributed by atoms with Gasteiger partial charge in [0.05, 0.1) is 17.9 Å². The molecule has 134 valence electrons. The minimum Gasteiger partial charge on any atom is -0.497 e. The molecule has 2 aromatic carbocycles. The highest BCUT2D eigenvalue weighted by Crippen LogP contribution is 2.34. The molecular formula is C19H13FN4O3. The summed E-state index contributed by atoms with van der Waals surface area (Å²) in [5.41, 5.74) is 4.88. The molecule has 0 radical (unpaired) electrons. The van der Waals surface area contributed by atoms with E-state index in [-0.39, 0.29) is 33.5 Å². The Morgan fingerprint density at radius 2 is 1.81 bits per heavy atom. The van der Waals surface area contributed by atoms with E-state index in [0.717, 1.165) is 15.4 Å². The quantitative estimate of drug-likeness (QED) is 0.743. The SMILES string of the molecule is COc1ccc([C@H]2C(C#N)=C(N)n3c(=O)c4ccccc4c(=O)n32)c(F)c1. The molecule has 1 aliphatic heterocycles. The van der Waals surface area contributed by atoms with Crippen molar-refractivity contribution in [3.8, 4) is 11.8 Å². The van der Waals surface area contributed by atoms with Crippen LogP contribution in [0.15, 0.2) is 57.6 Å². The van der Waals surface area contributed by atoms with Gasteiger partial charge in [0, 0.05) is 11.6 Å². The van der Waals surface area contributed by atoms with Crippen LogP contribution in [-0.2, 0) is 0 Å². The van der Waals surface area contributed by atoms with E-state index in [2.05, 4.69) is 0 Å². The van der Waals surface area contributed by atoms with Crippen molar-refractivity contribution in [3.63, 3.8) is 0 Å². The molecule has 0 spiro atoms. The first-order valence-corrected chi connectivity index (χ1v) is 7.99. The lowest BCUT2D eigenvalue weighted by molar-refractivity contribution is 0.409. The van der Waals surface area contributed by atoms with Crippen LogP contribution in [0, 0.1) is 17.1 Å². The highest BCUT2D eigenvalue weighted by molar-refractivity contribution is 5.81. The van der Waals surface area contributed by atoms with E-state index in [4.69, 9.17) is 10.5 Å². The number of aromatic nitrogens is 2. The first-order valence-electron chi connectivity index (χ1n) is 7.99. The van der Waals surface area contributed by atoms with Gasteiger partial charge in [0.25, 0.3) is 11.1 Å². The van der Waals surface area contributed by atoms with Gasteiger partial charge in [-0.2, -0.15) is 9.94 Å². The number of benzene rings is 2. The van der Waals surface area contributed by atoms with Gasteiger partial charge < -0.3 is 10.5 Å². The third-order valence-electron chi connectivity index (χ3n) is 4.65. The summed E-state index contributed by atoms with van der Waals surface area (Å²) >= 11 is 0. The molecule has 2 N–H and O–H groups in total. The van der Waals surface area contributed by atoms with Crippen LogP contribution in [0.1, 0.15) is 11.6 Å². The Hall–Kier alpha value is -3.86. The maximum atomic E-state index is 14.7. The molecule has 0 fully saturated rings. The van der Waals surface area contributed by atoms with E-state index < -0.39 is 23.0 Å². The molecule has 1 aliphatic rings. The van der Waals surface area contributed by atoms with E-state index >= 15 is 0 Å². The van der Waals surface area contributed by atoms with Crippen molar-refractivity contribution < 1.29 is 9.13 Å². The predicted molar refractivity (Wildman–Crippen MR) is 96.6 cm³/mol. The van der Waals surface area contributed by atoms with Gasteiger partial charge in [0.1, 0.15) is 35.1 Å². The molecule has 4 rings (SSSR count). The molecule has 8 heteroatoms. The Morgan fingerprint density at radius 1 is 1.15 bits per heavy atom. The number of allylic oxidation sites excluding steroid dienone is 1. The van der Waals surface area contributed by atoms with Crippen molar-refractivity contribution in [2.75, 3.05) is 7.11 Å². The van der Waals surface area contributed by atoms with Crippen molar-refractivity contribution in [2.45, 2.75) is 6.04 Å². The average Bonchev–Trinajstić information content (AvgIpc) is 2.98. The molecule has 27 heavy (non-hydrogen) atoms. The molecule has 0 saturated heterocycles. The Morgan fingerprint density at radius 3 is 2.41 bits per heavy atom. The van der Waals surface area contributed by atoms with Crippen molar-refractivity contribution in [1.82, 2.24) is 9.36 Å². The number of methoxy groups -OCH3 is 1. The standard InChI is InChI=1S/C19H13FN4O3/c1-27-10-6-7-13(15(20)8-10)16-14(9-21)17(22)24-19(26)12-5-3-2-4-11(12)18(25)23(16)24/h2-8,16H,22H2,1H3/t16-/m0/s1. The van der Waals surface area contributed by atoms with E-state index in [1.807, 2.05) is 6.07 Å². The molecule has 7 nitrogen and oxygen atoms in total. The zero-order valence-electron chi connectivity index (χ0n) is 14.1. The number of hydrogen-bond donors (Lipinski definition) is 1. The second kappa shape index (κ2) is 5.85. The number of rotatable bonds is 2. The minimum absolute atomic E-state index is 0.0401. The lowest BCUT2D eigenvalue weighted by atomic mass is 9.99. The summed E-state index contributed by atoms with van der Waals surface area (Å²) in [7, 11) is 1.40. The van der Waals surface area contributed by atoms with E-state index in [1.54, 1.807) is 12.1 Å².